The third-order valence-corrected chi connectivity index (χ3v) is 4.56. The van der Waals surface area contributed by atoms with Crippen LogP contribution in [0.15, 0.2) is 16.9 Å². The first kappa shape index (κ1) is 17.2. The average Bonchev–Trinajstić information content (AvgIpc) is 2.88. The number of benzene rings is 1. The highest BCUT2D eigenvalue weighted by molar-refractivity contribution is 5.97. The van der Waals surface area contributed by atoms with Crippen LogP contribution in [0.2, 0.25) is 0 Å². The Balaban J connectivity index is 1.91. The predicted octanol–water partition coefficient (Wildman–Crippen LogP) is 0.550. The number of imidazole rings is 1. The molecule has 1 aliphatic heterocycles. The van der Waals surface area contributed by atoms with Gasteiger partial charge in [-0.25, -0.2) is 9.18 Å². The van der Waals surface area contributed by atoms with E-state index in [1.165, 1.54) is 23.7 Å². The molecular weight excluding hydrogens is 331 g/mol. The largest absolute Gasteiger partial charge is 0.480 e. The van der Waals surface area contributed by atoms with E-state index in [2.05, 4.69) is 10.3 Å². The molecule has 0 aliphatic carbocycles. The standard InChI is InChI=1S/C16H19FN4O4/c1-18-15(24)10-6-12-13(7-11(10)17)21(16(25)19-12)9-2-4-20(5-3-9)8-14(22)23/h6-7,9H,2-5,8H2,1H3,(H,18,24)(H,19,25)(H,22,23). The summed E-state index contributed by atoms with van der Waals surface area (Å²) in [5.41, 5.74) is 0.324. The number of hydrogen-bond donors (Lipinski definition) is 3. The van der Waals surface area contributed by atoms with Gasteiger partial charge in [0.1, 0.15) is 5.82 Å². The van der Waals surface area contributed by atoms with Crippen molar-refractivity contribution >= 4 is 22.9 Å². The lowest BCUT2D eigenvalue weighted by Gasteiger charge is -2.31. The van der Waals surface area contributed by atoms with Crippen LogP contribution in [-0.4, -0.2) is 58.1 Å². The minimum atomic E-state index is -0.883. The van der Waals surface area contributed by atoms with Crippen LogP contribution in [0, 0.1) is 5.82 Å². The van der Waals surface area contributed by atoms with Gasteiger partial charge in [-0.1, -0.05) is 0 Å². The first-order valence-corrected chi connectivity index (χ1v) is 8.00. The SMILES string of the molecule is CNC(=O)c1cc2[nH]c(=O)n(C3CCN(CC(=O)O)CC3)c2cc1F. The number of nitrogens with one attached hydrogen (secondary N) is 2. The highest BCUT2D eigenvalue weighted by Gasteiger charge is 2.25. The van der Waals surface area contributed by atoms with Crippen LogP contribution < -0.4 is 11.0 Å². The molecule has 1 saturated heterocycles. The van der Waals surface area contributed by atoms with Crippen LogP contribution in [-0.2, 0) is 4.79 Å². The zero-order chi connectivity index (χ0) is 18.1. The van der Waals surface area contributed by atoms with E-state index in [0.29, 0.717) is 37.0 Å². The number of likely N-dealkylation sites (tertiary alicyclic amines) is 1. The lowest BCUT2D eigenvalue weighted by molar-refractivity contribution is -0.138. The number of aromatic nitrogens is 2. The number of carbonyl (C=O) groups is 2. The zero-order valence-corrected chi connectivity index (χ0v) is 13.7. The number of carbonyl (C=O) groups excluding carboxylic acids is 1. The number of fused-ring (bicyclic) bond motifs is 1. The summed E-state index contributed by atoms with van der Waals surface area (Å²) in [4.78, 5) is 39.3. The third kappa shape index (κ3) is 3.27. The molecule has 1 aromatic carbocycles. The quantitative estimate of drug-likeness (QED) is 0.746. The molecule has 0 bridgehead atoms. The number of nitrogens with zero attached hydrogens (tertiary/aromatic N) is 2. The van der Waals surface area contributed by atoms with Crippen molar-refractivity contribution < 1.29 is 19.1 Å². The Morgan fingerprint density at radius 2 is 2.04 bits per heavy atom. The maximum Gasteiger partial charge on any atom is 0.326 e. The molecule has 0 atom stereocenters. The van der Waals surface area contributed by atoms with Crippen LogP contribution in [0.5, 0.6) is 0 Å². The van der Waals surface area contributed by atoms with Crippen molar-refractivity contribution in [3.05, 3.63) is 34.0 Å². The van der Waals surface area contributed by atoms with Crippen LogP contribution in [0.4, 0.5) is 4.39 Å². The molecule has 134 valence electrons. The number of carboxylic acid groups (broad SMARTS) is 1. The van der Waals surface area contributed by atoms with Gasteiger partial charge in [0.15, 0.2) is 0 Å². The van der Waals surface area contributed by atoms with E-state index in [4.69, 9.17) is 5.11 Å². The summed E-state index contributed by atoms with van der Waals surface area (Å²) in [6.07, 6.45) is 1.19. The van der Waals surface area contributed by atoms with E-state index < -0.39 is 17.7 Å². The number of H-pyrrole nitrogens is 1. The molecule has 0 radical (unpaired) electrons. The van der Waals surface area contributed by atoms with E-state index >= 15 is 0 Å². The molecule has 2 heterocycles. The van der Waals surface area contributed by atoms with Crippen molar-refractivity contribution in [2.24, 2.45) is 0 Å². The summed E-state index contributed by atoms with van der Waals surface area (Å²) in [7, 11) is 1.41. The lowest BCUT2D eigenvalue weighted by Crippen LogP contribution is -2.39. The Morgan fingerprint density at radius 1 is 1.36 bits per heavy atom. The van der Waals surface area contributed by atoms with Crippen LogP contribution in [0.25, 0.3) is 11.0 Å². The molecule has 1 aliphatic rings. The molecule has 2 aromatic rings. The van der Waals surface area contributed by atoms with Gasteiger partial charge in [-0.05, 0) is 18.9 Å². The summed E-state index contributed by atoms with van der Waals surface area (Å²) in [6.45, 7) is 1.07. The van der Waals surface area contributed by atoms with E-state index in [0.717, 1.165) is 0 Å². The zero-order valence-electron chi connectivity index (χ0n) is 13.7. The molecule has 3 N–H and O–H groups in total. The summed E-state index contributed by atoms with van der Waals surface area (Å²) in [6, 6.07) is 2.39. The Bertz CT molecular complexity index is 880. The van der Waals surface area contributed by atoms with Crippen molar-refractivity contribution in [2.75, 3.05) is 26.7 Å². The molecule has 1 fully saturated rings. The fourth-order valence-electron chi connectivity index (χ4n) is 3.35. The number of carboxylic acids is 1. The lowest BCUT2D eigenvalue weighted by atomic mass is 10.0. The summed E-state index contributed by atoms with van der Waals surface area (Å²) in [5, 5.41) is 11.2. The number of amides is 1. The van der Waals surface area contributed by atoms with Gasteiger partial charge in [-0.2, -0.15) is 0 Å². The van der Waals surface area contributed by atoms with E-state index in [-0.39, 0.29) is 23.8 Å². The molecule has 25 heavy (non-hydrogen) atoms. The second-order valence-electron chi connectivity index (χ2n) is 6.13. The van der Waals surface area contributed by atoms with Crippen LogP contribution >= 0.6 is 0 Å². The van der Waals surface area contributed by atoms with E-state index in [1.807, 2.05) is 4.90 Å². The number of halogens is 1. The number of hydrogen-bond acceptors (Lipinski definition) is 4. The second-order valence-corrected chi connectivity index (χ2v) is 6.13. The van der Waals surface area contributed by atoms with Crippen molar-refractivity contribution in [2.45, 2.75) is 18.9 Å². The van der Waals surface area contributed by atoms with Crippen LogP contribution in [0.3, 0.4) is 0 Å². The smallest absolute Gasteiger partial charge is 0.326 e. The molecule has 9 heteroatoms. The normalized spacial score (nSPS) is 16.2. The van der Waals surface area contributed by atoms with Gasteiger partial charge in [0.05, 0.1) is 23.1 Å². The Hall–Kier alpha value is -2.68. The van der Waals surface area contributed by atoms with Gasteiger partial charge in [0, 0.05) is 32.2 Å². The maximum absolute atomic E-state index is 14.3. The molecule has 1 amide bonds. The molecule has 0 spiro atoms. The first-order valence-electron chi connectivity index (χ1n) is 8.00. The van der Waals surface area contributed by atoms with Gasteiger partial charge >= 0.3 is 11.7 Å². The van der Waals surface area contributed by atoms with Gasteiger partial charge in [0.2, 0.25) is 0 Å². The number of aromatic amines is 1. The van der Waals surface area contributed by atoms with Gasteiger partial charge in [-0.3, -0.25) is 19.1 Å². The van der Waals surface area contributed by atoms with Crippen molar-refractivity contribution in [3.8, 4) is 0 Å². The Kier molecular flexibility index (Phi) is 4.58. The molecule has 8 nitrogen and oxygen atoms in total. The minimum absolute atomic E-state index is 0.0282. The molecular formula is C16H19FN4O4. The van der Waals surface area contributed by atoms with Crippen LogP contribution in [0.1, 0.15) is 29.2 Å². The number of piperidine rings is 1. The second kappa shape index (κ2) is 6.67. The minimum Gasteiger partial charge on any atom is -0.480 e. The average molecular weight is 350 g/mol. The Morgan fingerprint density at radius 3 is 2.64 bits per heavy atom. The highest BCUT2D eigenvalue weighted by atomic mass is 19.1. The summed E-state index contributed by atoms with van der Waals surface area (Å²) < 4.78 is 15.8. The van der Waals surface area contributed by atoms with Gasteiger partial charge < -0.3 is 15.4 Å². The van der Waals surface area contributed by atoms with Gasteiger partial charge in [-0.15, -0.1) is 0 Å². The molecule has 1 aromatic heterocycles. The van der Waals surface area contributed by atoms with Crippen molar-refractivity contribution in [3.63, 3.8) is 0 Å². The topological polar surface area (TPSA) is 107 Å². The van der Waals surface area contributed by atoms with Gasteiger partial charge in [0.25, 0.3) is 5.91 Å². The molecule has 0 unspecified atom stereocenters. The fraction of sp³-hybridized carbons (Fsp3) is 0.438. The monoisotopic (exact) mass is 350 g/mol. The fourth-order valence-corrected chi connectivity index (χ4v) is 3.35. The third-order valence-electron chi connectivity index (χ3n) is 4.56. The molecule has 0 saturated carbocycles. The highest BCUT2D eigenvalue weighted by Crippen LogP contribution is 2.26. The Labute approximate surface area is 142 Å². The van der Waals surface area contributed by atoms with Crippen molar-refractivity contribution in [1.82, 2.24) is 19.8 Å². The predicted molar refractivity (Wildman–Crippen MR) is 88.3 cm³/mol. The summed E-state index contributed by atoms with van der Waals surface area (Å²) in [5.74, 6) is -2.13. The maximum atomic E-state index is 14.3. The number of rotatable bonds is 4. The summed E-state index contributed by atoms with van der Waals surface area (Å²) >= 11 is 0. The number of aliphatic carboxylic acids is 1. The van der Waals surface area contributed by atoms with Crippen molar-refractivity contribution in [1.29, 1.82) is 0 Å². The molecule has 3 rings (SSSR count). The van der Waals surface area contributed by atoms with E-state index in [1.54, 1.807) is 0 Å². The van der Waals surface area contributed by atoms with E-state index in [9.17, 15) is 18.8 Å². The first-order chi connectivity index (χ1) is 11.9.